The summed E-state index contributed by atoms with van der Waals surface area (Å²) < 4.78 is 6.44. The van der Waals surface area contributed by atoms with Gasteiger partial charge < -0.3 is 4.74 Å². The first kappa shape index (κ1) is 16.2. The summed E-state index contributed by atoms with van der Waals surface area (Å²) in [6, 6.07) is 11.6. The molecule has 1 atom stereocenters. The van der Waals surface area contributed by atoms with E-state index in [1.54, 1.807) is 6.07 Å². The van der Waals surface area contributed by atoms with E-state index >= 15 is 0 Å². The van der Waals surface area contributed by atoms with E-state index in [0.29, 0.717) is 16.7 Å². The van der Waals surface area contributed by atoms with Gasteiger partial charge in [0.15, 0.2) is 0 Å². The van der Waals surface area contributed by atoms with Crippen LogP contribution in [0.3, 0.4) is 0 Å². The molecule has 0 N–H and O–H groups in total. The van der Waals surface area contributed by atoms with Crippen molar-refractivity contribution in [2.75, 3.05) is 6.61 Å². The highest BCUT2D eigenvalue weighted by molar-refractivity contribution is 9.10. The molecule has 2 rings (SSSR count). The van der Waals surface area contributed by atoms with Crippen LogP contribution in [0.5, 0.6) is 5.75 Å². The first-order chi connectivity index (χ1) is 9.52. The van der Waals surface area contributed by atoms with Gasteiger partial charge in [-0.15, -0.1) is 0 Å². The minimum absolute atomic E-state index is 0.0456. The highest BCUT2D eigenvalue weighted by Crippen LogP contribution is 2.37. The molecule has 1 unspecified atom stereocenters. The maximum Gasteiger partial charge on any atom is 0.133 e. The van der Waals surface area contributed by atoms with Crippen molar-refractivity contribution < 1.29 is 4.74 Å². The molecule has 0 bridgehead atoms. The van der Waals surface area contributed by atoms with E-state index in [4.69, 9.17) is 27.9 Å². The number of halogens is 4. The normalized spacial score (nSPS) is 12.2. The van der Waals surface area contributed by atoms with Gasteiger partial charge in [-0.2, -0.15) is 0 Å². The number of hydrogen-bond acceptors (Lipinski definition) is 1. The Bertz CT molecular complexity index is 617. The van der Waals surface area contributed by atoms with Gasteiger partial charge in [-0.25, -0.2) is 0 Å². The molecule has 1 nitrogen and oxygen atoms in total. The van der Waals surface area contributed by atoms with Gasteiger partial charge >= 0.3 is 0 Å². The van der Waals surface area contributed by atoms with E-state index in [2.05, 4.69) is 31.9 Å². The lowest BCUT2D eigenvalue weighted by Crippen LogP contribution is -1.96. The van der Waals surface area contributed by atoms with Crippen molar-refractivity contribution in [1.29, 1.82) is 0 Å². The van der Waals surface area contributed by atoms with Gasteiger partial charge in [-0.05, 0) is 58.2 Å². The van der Waals surface area contributed by atoms with Crippen molar-refractivity contribution >= 4 is 55.1 Å². The van der Waals surface area contributed by atoms with Crippen molar-refractivity contribution in [3.63, 3.8) is 0 Å². The zero-order valence-electron chi connectivity index (χ0n) is 10.7. The molecule has 0 aliphatic rings. The highest BCUT2D eigenvalue weighted by Gasteiger charge is 2.13. The largest absolute Gasteiger partial charge is 0.493 e. The summed E-state index contributed by atoms with van der Waals surface area (Å²) in [5.74, 6) is 0.838. The van der Waals surface area contributed by atoms with Crippen molar-refractivity contribution in [1.82, 2.24) is 0 Å². The standard InChI is InChI=1S/C15H12Br2Cl2O/c1-2-20-14-6-4-9(7-11(14)16)15(17)10-3-5-12(18)13(19)8-10/h3-8,15H,2H2,1H3. The monoisotopic (exact) mass is 436 g/mol. The van der Waals surface area contributed by atoms with Gasteiger partial charge in [0.25, 0.3) is 0 Å². The van der Waals surface area contributed by atoms with Crippen LogP contribution in [0.2, 0.25) is 10.0 Å². The molecule has 2 aromatic carbocycles. The molecular formula is C15H12Br2Cl2O. The molecule has 0 fully saturated rings. The van der Waals surface area contributed by atoms with E-state index < -0.39 is 0 Å². The topological polar surface area (TPSA) is 9.23 Å². The molecule has 5 heteroatoms. The first-order valence-electron chi connectivity index (χ1n) is 6.04. The molecule has 0 radical (unpaired) electrons. The predicted molar refractivity (Wildman–Crippen MR) is 92.5 cm³/mol. The van der Waals surface area contributed by atoms with Crippen LogP contribution < -0.4 is 4.74 Å². The van der Waals surface area contributed by atoms with E-state index in [9.17, 15) is 0 Å². The molecule has 0 saturated carbocycles. The minimum atomic E-state index is 0.0456. The number of rotatable bonds is 4. The van der Waals surface area contributed by atoms with Gasteiger partial charge in [0.1, 0.15) is 5.75 Å². The summed E-state index contributed by atoms with van der Waals surface area (Å²) in [4.78, 5) is 0.0456. The third-order valence-corrected chi connectivity index (χ3v) is 5.20. The molecule has 0 spiro atoms. The Balaban J connectivity index is 2.30. The van der Waals surface area contributed by atoms with Gasteiger partial charge in [-0.1, -0.05) is 51.3 Å². The molecule has 20 heavy (non-hydrogen) atoms. The van der Waals surface area contributed by atoms with Crippen LogP contribution in [0.4, 0.5) is 0 Å². The maximum atomic E-state index is 6.06. The number of ether oxygens (including phenoxy) is 1. The Hall–Kier alpha value is -0.220. The summed E-state index contributed by atoms with van der Waals surface area (Å²) in [5, 5.41) is 1.11. The Morgan fingerprint density at radius 3 is 2.30 bits per heavy atom. The molecule has 0 heterocycles. The second-order valence-corrected chi connectivity index (χ2v) is 6.74. The fraction of sp³-hybridized carbons (Fsp3) is 0.200. The quantitative estimate of drug-likeness (QED) is 0.486. The summed E-state index contributed by atoms with van der Waals surface area (Å²) >= 11 is 19.2. The molecule has 0 amide bonds. The van der Waals surface area contributed by atoms with Crippen molar-refractivity contribution in [3.8, 4) is 5.75 Å². The minimum Gasteiger partial charge on any atom is -0.493 e. The van der Waals surface area contributed by atoms with Crippen LogP contribution in [0, 0.1) is 0 Å². The van der Waals surface area contributed by atoms with Crippen molar-refractivity contribution in [3.05, 3.63) is 62.0 Å². The average Bonchev–Trinajstić information content (AvgIpc) is 2.43. The van der Waals surface area contributed by atoms with E-state index in [1.807, 2.05) is 37.3 Å². The summed E-state index contributed by atoms with van der Waals surface area (Å²) in [6.45, 7) is 2.60. The Morgan fingerprint density at radius 1 is 1.05 bits per heavy atom. The van der Waals surface area contributed by atoms with Crippen LogP contribution >= 0.6 is 55.1 Å². The number of benzene rings is 2. The first-order valence-corrected chi connectivity index (χ1v) is 8.50. The highest BCUT2D eigenvalue weighted by atomic mass is 79.9. The smallest absolute Gasteiger partial charge is 0.133 e. The van der Waals surface area contributed by atoms with Gasteiger partial charge in [0.05, 0.1) is 26.0 Å². The van der Waals surface area contributed by atoms with E-state index in [-0.39, 0.29) is 4.83 Å². The molecular weight excluding hydrogens is 427 g/mol. The van der Waals surface area contributed by atoms with E-state index in [0.717, 1.165) is 21.3 Å². The van der Waals surface area contributed by atoms with Crippen LogP contribution in [0.25, 0.3) is 0 Å². The third-order valence-electron chi connectivity index (χ3n) is 2.78. The lowest BCUT2D eigenvalue weighted by Gasteiger charge is -2.14. The Kier molecular flexibility index (Phi) is 5.79. The fourth-order valence-corrected chi connectivity index (χ4v) is 3.20. The maximum absolute atomic E-state index is 6.06. The molecule has 106 valence electrons. The number of hydrogen-bond donors (Lipinski definition) is 0. The van der Waals surface area contributed by atoms with E-state index in [1.165, 1.54) is 0 Å². The molecule has 2 aromatic rings. The second-order valence-electron chi connectivity index (χ2n) is 4.16. The third kappa shape index (κ3) is 3.70. The van der Waals surface area contributed by atoms with Crippen LogP contribution in [-0.2, 0) is 0 Å². The van der Waals surface area contributed by atoms with Crippen LogP contribution in [0.15, 0.2) is 40.9 Å². The lowest BCUT2D eigenvalue weighted by atomic mass is 10.0. The Morgan fingerprint density at radius 2 is 1.70 bits per heavy atom. The SMILES string of the molecule is CCOc1ccc(C(Br)c2ccc(Cl)c(Cl)c2)cc1Br. The molecule has 0 saturated heterocycles. The summed E-state index contributed by atoms with van der Waals surface area (Å²) in [7, 11) is 0. The number of alkyl halides is 1. The zero-order valence-corrected chi connectivity index (χ0v) is 15.4. The fourth-order valence-electron chi connectivity index (χ4n) is 1.81. The Labute approximate surface area is 145 Å². The zero-order chi connectivity index (χ0) is 14.7. The summed E-state index contributed by atoms with van der Waals surface area (Å²) in [5.41, 5.74) is 2.16. The molecule has 0 aromatic heterocycles. The van der Waals surface area contributed by atoms with Gasteiger partial charge in [-0.3, -0.25) is 0 Å². The van der Waals surface area contributed by atoms with Crippen molar-refractivity contribution in [2.45, 2.75) is 11.8 Å². The average molecular weight is 439 g/mol. The lowest BCUT2D eigenvalue weighted by molar-refractivity contribution is 0.338. The van der Waals surface area contributed by atoms with Crippen LogP contribution in [-0.4, -0.2) is 6.61 Å². The van der Waals surface area contributed by atoms with Crippen LogP contribution in [0.1, 0.15) is 22.9 Å². The van der Waals surface area contributed by atoms with Crippen molar-refractivity contribution in [2.24, 2.45) is 0 Å². The molecule has 0 aliphatic heterocycles. The summed E-state index contributed by atoms with van der Waals surface area (Å²) in [6.07, 6.45) is 0. The second kappa shape index (κ2) is 7.17. The van der Waals surface area contributed by atoms with Gasteiger partial charge in [0, 0.05) is 0 Å². The predicted octanol–water partition coefficient (Wildman–Crippen LogP) is 6.64. The van der Waals surface area contributed by atoms with Gasteiger partial charge in [0.2, 0.25) is 0 Å². The molecule has 0 aliphatic carbocycles.